The molecule has 0 radical (unpaired) electrons. The zero-order valence-corrected chi connectivity index (χ0v) is 11.3. The maximum absolute atomic E-state index is 6.07. The first kappa shape index (κ1) is 12.4. The van der Waals surface area contributed by atoms with Crippen molar-refractivity contribution in [3.8, 4) is 17.2 Å². The molecule has 2 nitrogen and oxygen atoms in total. The lowest BCUT2D eigenvalue weighted by Gasteiger charge is -2.09. The van der Waals surface area contributed by atoms with Crippen LogP contribution in [0.25, 0.3) is 0 Å². The Bertz CT molecular complexity index is 564. The molecule has 0 aliphatic heterocycles. The molecule has 0 unspecified atom stereocenters. The van der Waals surface area contributed by atoms with E-state index < -0.39 is 0 Å². The Balaban J connectivity index is 1.70. The summed E-state index contributed by atoms with van der Waals surface area (Å²) in [6.45, 7) is 0.801. The van der Waals surface area contributed by atoms with Gasteiger partial charge in [0, 0.05) is 6.07 Å². The van der Waals surface area contributed by atoms with Crippen LogP contribution in [0.3, 0.4) is 0 Å². The number of hydrogen-bond acceptors (Lipinski definition) is 2. The Morgan fingerprint density at radius 1 is 1.00 bits per heavy atom. The van der Waals surface area contributed by atoms with Gasteiger partial charge in [-0.05, 0) is 43.0 Å². The molecular formula is C16H15ClO2. The van der Waals surface area contributed by atoms with E-state index in [0.29, 0.717) is 10.8 Å². The first-order chi connectivity index (χ1) is 9.31. The van der Waals surface area contributed by atoms with E-state index in [1.165, 1.54) is 12.8 Å². The maximum atomic E-state index is 6.07. The Labute approximate surface area is 117 Å². The Morgan fingerprint density at radius 2 is 1.79 bits per heavy atom. The lowest BCUT2D eigenvalue weighted by atomic mass is 10.3. The third kappa shape index (κ3) is 3.42. The van der Waals surface area contributed by atoms with Gasteiger partial charge in [0.05, 0.1) is 11.6 Å². The summed E-state index contributed by atoms with van der Waals surface area (Å²) in [5.74, 6) is 2.98. The average Bonchev–Trinajstić information content (AvgIpc) is 3.24. The summed E-state index contributed by atoms with van der Waals surface area (Å²) in [6, 6.07) is 15.1. The van der Waals surface area contributed by atoms with Crippen molar-refractivity contribution in [1.82, 2.24) is 0 Å². The van der Waals surface area contributed by atoms with Crippen LogP contribution in [0.1, 0.15) is 12.8 Å². The number of benzene rings is 2. The molecule has 3 heteroatoms. The molecule has 0 atom stereocenters. The van der Waals surface area contributed by atoms with Crippen LogP contribution in [0.5, 0.6) is 17.2 Å². The summed E-state index contributed by atoms with van der Waals surface area (Å²) in [6.07, 6.45) is 2.58. The van der Waals surface area contributed by atoms with E-state index in [1.807, 2.05) is 48.5 Å². The van der Waals surface area contributed by atoms with Crippen molar-refractivity contribution in [3.63, 3.8) is 0 Å². The van der Waals surface area contributed by atoms with Crippen LogP contribution in [-0.4, -0.2) is 6.61 Å². The lowest BCUT2D eigenvalue weighted by Crippen LogP contribution is -1.98. The summed E-state index contributed by atoms with van der Waals surface area (Å²) in [7, 11) is 0. The van der Waals surface area contributed by atoms with Gasteiger partial charge in [-0.3, -0.25) is 0 Å². The van der Waals surface area contributed by atoms with Crippen molar-refractivity contribution in [2.24, 2.45) is 5.92 Å². The molecule has 0 aromatic heterocycles. The smallest absolute Gasteiger partial charge is 0.146 e. The van der Waals surface area contributed by atoms with E-state index in [0.717, 1.165) is 24.0 Å². The zero-order chi connectivity index (χ0) is 13.1. The summed E-state index contributed by atoms with van der Waals surface area (Å²) in [4.78, 5) is 0. The SMILES string of the molecule is Clc1ccccc1Oc1cccc(OCC2CC2)c1. The summed E-state index contributed by atoms with van der Waals surface area (Å²) in [5, 5.41) is 0.604. The van der Waals surface area contributed by atoms with E-state index >= 15 is 0 Å². The molecule has 1 fully saturated rings. The molecule has 1 aliphatic carbocycles. The molecule has 1 saturated carbocycles. The molecule has 0 saturated heterocycles. The van der Waals surface area contributed by atoms with Gasteiger partial charge in [-0.1, -0.05) is 29.8 Å². The number of halogens is 1. The fourth-order valence-corrected chi connectivity index (χ4v) is 1.95. The minimum atomic E-state index is 0.604. The number of ether oxygens (including phenoxy) is 2. The normalized spacial score (nSPS) is 14.2. The van der Waals surface area contributed by atoms with Crippen molar-refractivity contribution in [2.75, 3.05) is 6.61 Å². The van der Waals surface area contributed by atoms with Crippen molar-refractivity contribution in [3.05, 3.63) is 53.6 Å². The van der Waals surface area contributed by atoms with Gasteiger partial charge in [0.1, 0.15) is 17.2 Å². The molecule has 19 heavy (non-hydrogen) atoms. The average molecular weight is 275 g/mol. The minimum Gasteiger partial charge on any atom is -0.493 e. The largest absolute Gasteiger partial charge is 0.493 e. The number of hydrogen-bond donors (Lipinski definition) is 0. The van der Waals surface area contributed by atoms with Gasteiger partial charge in [0.2, 0.25) is 0 Å². The van der Waals surface area contributed by atoms with E-state index in [-0.39, 0.29) is 0 Å². The molecule has 1 aliphatic rings. The second kappa shape index (κ2) is 5.54. The third-order valence-corrected chi connectivity index (χ3v) is 3.36. The first-order valence-electron chi connectivity index (χ1n) is 6.46. The molecule has 0 spiro atoms. The molecule has 3 rings (SSSR count). The quantitative estimate of drug-likeness (QED) is 0.770. The molecule has 0 N–H and O–H groups in total. The highest BCUT2D eigenvalue weighted by Crippen LogP contribution is 2.32. The highest BCUT2D eigenvalue weighted by molar-refractivity contribution is 6.32. The van der Waals surface area contributed by atoms with Crippen LogP contribution in [0, 0.1) is 5.92 Å². The standard InChI is InChI=1S/C16H15ClO2/c17-15-6-1-2-7-16(15)19-14-5-3-4-13(10-14)18-11-12-8-9-12/h1-7,10,12H,8-9,11H2. The van der Waals surface area contributed by atoms with E-state index in [1.54, 1.807) is 0 Å². The molecular weight excluding hydrogens is 260 g/mol. The number of rotatable bonds is 5. The van der Waals surface area contributed by atoms with Gasteiger partial charge in [-0.25, -0.2) is 0 Å². The second-order valence-electron chi connectivity index (χ2n) is 4.76. The van der Waals surface area contributed by atoms with Crippen LogP contribution in [0.2, 0.25) is 5.02 Å². The highest BCUT2D eigenvalue weighted by Gasteiger charge is 2.21. The summed E-state index contributed by atoms with van der Waals surface area (Å²) < 4.78 is 11.5. The van der Waals surface area contributed by atoms with Crippen LogP contribution in [0.15, 0.2) is 48.5 Å². The highest BCUT2D eigenvalue weighted by atomic mass is 35.5. The monoisotopic (exact) mass is 274 g/mol. The van der Waals surface area contributed by atoms with Crippen LogP contribution >= 0.6 is 11.6 Å². The van der Waals surface area contributed by atoms with Crippen molar-refractivity contribution < 1.29 is 9.47 Å². The first-order valence-corrected chi connectivity index (χ1v) is 6.84. The van der Waals surface area contributed by atoms with Crippen LogP contribution in [-0.2, 0) is 0 Å². The Kier molecular flexibility index (Phi) is 3.60. The molecule has 2 aromatic carbocycles. The number of para-hydroxylation sites is 1. The summed E-state index contributed by atoms with van der Waals surface area (Å²) >= 11 is 6.07. The van der Waals surface area contributed by atoms with E-state index in [4.69, 9.17) is 21.1 Å². The van der Waals surface area contributed by atoms with Crippen LogP contribution < -0.4 is 9.47 Å². The van der Waals surface area contributed by atoms with E-state index in [2.05, 4.69) is 0 Å². The van der Waals surface area contributed by atoms with Crippen LogP contribution in [0.4, 0.5) is 0 Å². The van der Waals surface area contributed by atoms with Gasteiger partial charge in [-0.15, -0.1) is 0 Å². The minimum absolute atomic E-state index is 0.604. The van der Waals surface area contributed by atoms with Gasteiger partial charge in [-0.2, -0.15) is 0 Å². The fraction of sp³-hybridized carbons (Fsp3) is 0.250. The third-order valence-electron chi connectivity index (χ3n) is 3.05. The fourth-order valence-electron chi connectivity index (χ4n) is 1.78. The second-order valence-corrected chi connectivity index (χ2v) is 5.17. The van der Waals surface area contributed by atoms with Crippen molar-refractivity contribution in [1.29, 1.82) is 0 Å². The maximum Gasteiger partial charge on any atom is 0.146 e. The van der Waals surface area contributed by atoms with Crippen molar-refractivity contribution >= 4 is 11.6 Å². The molecule has 2 aromatic rings. The predicted octanol–water partition coefficient (Wildman–Crippen LogP) is 4.92. The topological polar surface area (TPSA) is 18.5 Å². The molecule has 0 heterocycles. The molecule has 0 amide bonds. The van der Waals surface area contributed by atoms with Gasteiger partial charge >= 0.3 is 0 Å². The van der Waals surface area contributed by atoms with Crippen molar-refractivity contribution in [2.45, 2.75) is 12.8 Å². The lowest BCUT2D eigenvalue weighted by molar-refractivity contribution is 0.298. The summed E-state index contributed by atoms with van der Waals surface area (Å²) in [5.41, 5.74) is 0. The zero-order valence-electron chi connectivity index (χ0n) is 10.5. The Morgan fingerprint density at radius 3 is 2.58 bits per heavy atom. The Hall–Kier alpha value is -1.67. The molecule has 98 valence electrons. The van der Waals surface area contributed by atoms with Gasteiger partial charge in [0.15, 0.2) is 0 Å². The van der Waals surface area contributed by atoms with E-state index in [9.17, 15) is 0 Å². The predicted molar refractivity (Wildman–Crippen MR) is 76.2 cm³/mol. The van der Waals surface area contributed by atoms with Gasteiger partial charge < -0.3 is 9.47 Å². The molecule has 0 bridgehead atoms. The van der Waals surface area contributed by atoms with Gasteiger partial charge in [0.25, 0.3) is 0 Å².